The number of benzene rings is 1. The molecule has 0 saturated heterocycles. The predicted molar refractivity (Wildman–Crippen MR) is 72.2 cm³/mol. The number of hydrogen-bond acceptors (Lipinski definition) is 4. The minimum Gasteiger partial charge on any atom is -0.367 e. The van der Waals surface area contributed by atoms with Crippen LogP contribution < -0.4 is 11.1 Å². The van der Waals surface area contributed by atoms with Crippen LogP contribution in [0.3, 0.4) is 0 Å². The van der Waals surface area contributed by atoms with Gasteiger partial charge in [0.05, 0.1) is 10.7 Å². The third-order valence-electron chi connectivity index (χ3n) is 2.06. The monoisotopic (exact) mass is 329 g/mol. The highest BCUT2D eigenvalue weighted by Crippen LogP contribution is 2.25. The van der Waals surface area contributed by atoms with E-state index in [4.69, 9.17) is 17.3 Å². The van der Waals surface area contributed by atoms with Crippen LogP contribution in [0, 0.1) is 0 Å². The van der Waals surface area contributed by atoms with Gasteiger partial charge in [-0.05, 0) is 18.2 Å². The minimum atomic E-state index is -0.264. The molecule has 18 heavy (non-hydrogen) atoms. The molecule has 0 fully saturated rings. The van der Waals surface area contributed by atoms with Gasteiger partial charge in [0, 0.05) is 4.47 Å². The molecule has 94 valence electrons. The Balaban J connectivity index is 2.05. The van der Waals surface area contributed by atoms with Crippen molar-refractivity contribution in [3.05, 3.63) is 34.0 Å². The van der Waals surface area contributed by atoms with Crippen molar-refractivity contribution in [3.8, 4) is 0 Å². The SMILES string of the molecule is Nc1ncn(CC(=O)Nc2cc(Br)ccc2Cl)n1. The van der Waals surface area contributed by atoms with Crippen molar-refractivity contribution in [2.75, 3.05) is 11.1 Å². The van der Waals surface area contributed by atoms with Crippen molar-refractivity contribution in [2.45, 2.75) is 6.54 Å². The van der Waals surface area contributed by atoms with Crippen LogP contribution >= 0.6 is 27.5 Å². The molecule has 0 spiro atoms. The van der Waals surface area contributed by atoms with E-state index in [0.29, 0.717) is 10.7 Å². The smallest absolute Gasteiger partial charge is 0.246 e. The molecule has 6 nitrogen and oxygen atoms in total. The van der Waals surface area contributed by atoms with Gasteiger partial charge in [0.15, 0.2) is 0 Å². The molecular weight excluding hydrogens is 322 g/mol. The van der Waals surface area contributed by atoms with Crippen LogP contribution in [-0.4, -0.2) is 20.7 Å². The number of aromatic nitrogens is 3. The van der Waals surface area contributed by atoms with Gasteiger partial charge in [-0.25, -0.2) is 9.67 Å². The Kier molecular flexibility index (Phi) is 3.83. The molecule has 0 unspecified atom stereocenters. The van der Waals surface area contributed by atoms with Crippen molar-refractivity contribution in [1.82, 2.24) is 14.8 Å². The van der Waals surface area contributed by atoms with E-state index < -0.39 is 0 Å². The topological polar surface area (TPSA) is 85.8 Å². The number of hydrogen-bond donors (Lipinski definition) is 2. The highest BCUT2D eigenvalue weighted by molar-refractivity contribution is 9.10. The summed E-state index contributed by atoms with van der Waals surface area (Å²) >= 11 is 9.26. The normalized spacial score (nSPS) is 10.3. The fourth-order valence-corrected chi connectivity index (χ4v) is 1.84. The lowest BCUT2D eigenvalue weighted by Gasteiger charge is -2.07. The summed E-state index contributed by atoms with van der Waals surface area (Å²) < 4.78 is 2.17. The molecular formula is C10H9BrClN5O. The molecule has 2 aromatic rings. The molecule has 0 aliphatic heterocycles. The third-order valence-corrected chi connectivity index (χ3v) is 2.89. The molecule has 3 N–H and O–H groups in total. The number of carbonyl (C=O) groups is 1. The van der Waals surface area contributed by atoms with Crippen LogP contribution in [0.4, 0.5) is 11.6 Å². The van der Waals surface area contributed by atoms with E-state index in [-0.39, 0.29) is 18.4 Å². The molecule has 0 aliphatic rings. The number of rotatable bonds is 3. The maximum atomic E-state index is 11.7. The first-order valence-electron chi connectivity index (χ1n) is 4.94. The minimum absolute atomic E-state index is 0.0209. The van der Waals surface area contributed by atoms with Crippen molar-refractivity contribution in [1.29, 1.82) is 0 Å². The second kappa shape index (κ2) is 5.36. The van der Waals surface area contributed by atoms with Crippen molar-refractivity contribution in [2.24, 2.45) is 0 Å². The Morgan fingerprint density at radius 1 is 1.56 bits per heavy atom. The maximum Gasteiger partial charge on any atom is 0.246 e. The Morgan fingerprint density at radius 2 is 2.33 bits per heavy atom. The summed E-state index contributed by atoms with van der Waals surface area (Å²) in [6.45, 7) is 0.0209. The molecule has 0 bridgehead atoms. The molecule has 8 heteroatoms. The number of amides is 1. The molecule has 0 aliphatic carbocycles. The summed E-state index contributed by atoms with van der Waals surface area (Å²) in [6, 6.07) is 5.20. The summed E-state index contributed by atoms with van der Waals surface area (Å²) in [4.78, 5) is 15.5. The Hall–Kier alpha value is -1.60. The van der Waals surface area contributed by atoms with Gasteiger partial charge in [0.2, 0.25) is 11.9 Å². The van der Waals surface area contributed by atoms with Gasteiger partial charge < -0.3 is 11.1 Å². The van der Waals surface area contributed by atoms with Gasteiger partial charge in [-0.2, -0.15) is 0 Å². The van der Waals surface area contributed by atoms with E-state index in [2.05, 4.69) is 31.3 Å². The molecule has 1 aromatic carbocycles. The fourth-order valence-electron chi connectivity index (χ4n) is 1.32. The van der Waals surface area contributed by atoms with Gasteiger partial charge in [-0.15, -0.1) is 5.10 Å². The zero-order valence-corrected chi connectivity index (χ0v) is 11.4. The molecule has 0 saturated carbocycles. The summed E-state index contributed by atoms with van der Waals surface area (Å²) in [5, 5.41) is 6.95. The predicted octanol–water partition coefficient (Wildman–Crippen LogP) is 1.91. The average molecular weight is 331 g/mol. The van der Waals surface area contributed by atoms with E-state index in [0.717, 1.165) is 4.47 Å². The van der Waals surface area contributed by atoms with E-state index in [1.54, 1.807) is 18.2 Å². The van der Waals surface area contributed by atoms with Crippen LogP contribution in [-0.2, 0) is 11.3 Å². The molecule has 0 atom stereocenters. The van der Waals surface area contributed by atoms with Crippen LogP contribution in [0.1, 0.15) is 0 Å². The number of halogens is 2. The van der Waals surface area contributed by atoms with Crippen molar-refractivity contribution in [3.63, 3.8) is 0 Å². The molecule has 2 rings (SSSR count). The van der Waals surface area contributed by atoms with Crippen LogP contribution in [0.15, 0.2) is 29.0 Å². The second-order valence-corrected chi connectivity index (χ2v) is 4.80. The molecule has 0 radical (unpaired) electrons. The first-order chi connectivity index (χ1) is 8.54. The molecule has 1 aromatic heterocycles. The van der Waals surface area contributed by atoms with Crippen LogP contribution in [0.2, 0.25) is 5.02 Å². The Bertz CT molecular complexity index is 585. The van der Waals surface area contributed by atoms with E-state index in [1.807, 2.05) is 0 Å². The van der Waals surface area contributed by atoms with Crippen molar-refractivity contribution >= 4 is 45.1 Å². The summed E-state index contributed by atoms with van der Waals surface area (Å²) in [7, 11) is 0. The number of nitrogen functional groups attached to an aromatic ring is 1. The van der Waals surface area contributed by atoms with Gasteiger partial charge >= 0.3 is 0 Å². The highest BCUT2D eigenvalue weighted by atomic mass is 79.9. The lowest BCUT2D eigenvalue weighted by Crippen LogP contribution is -2.19. The van der Waals surface area contributed by atoms with E-state index in [1.165, 1.54) is 11.0 Å². The largest absolute Gasteiger partial charge is 0.367 e. The summed E-state index contributed by atoms with van der Waals surface area (Å²) in [5.41, 5.74) is 5.88. The first kappa shape index (κ1) is 12.8. The van der Waals surface area contributed by atoms with Crippen LogP contribution in [0.5, 0.6) is 0 Å². The van der Waals surface area contributed by atoms with Gasteiger partial charge in [-0.3, -0.25) is 4.79 Å². The number of nitrogens with zero attached hydrogens (tertiary/aromatic N) is 3. The van der Waals surface area contributed by atoms with E-state index >= 15 is 0 Å². The fraction of sp³-hybridized carbons (Fsp3) is 0.100. The lowest BCUT2D eigenvalue weighted by atomic mass is 10.3. The Labute approximate surface area is 116 Å². The van der Waals surface area contributed by atoms with Gasteiger partial charge in [-0.1, -0.05) is 27.5 Å². The number of carbonyl (C=O) groups excluding carboxylic acids is 1. The van der Waals surface area contributed by atoms with Gasteiger partial charge in [0.1, 0.15) is 12.9 Å². The summed E-state index contributed by atoms with van der Waals surface area (Å²) in [6.07, 6.45) is 1.39. The Morgan fingerprint density at radius 3 is 3.00 bits per heavy atom. The first-order valence-corrected chi connectivity index (χ1v) is 6.11. The molecule has 1 amide bonds. The van der Waals surface area contributed by atoms with E-state index in [9.17, 15) is 4.79 Å². The lowest BCUT2D eigenvalue weighted by molar-refractivity contribution is -0.116. The zero-order valence-electron chi connectivity index (χ0n) is 9.10. The number of nitrogens with two attached hydrogens (primary N) is 1. The summed E-state index contributed by atoms with van der Waals surface area (Å²) in [5.74, 6) is -0.136. The number of anilines is 2. The van der Waals surface area contributed by atoms with Gasteiger partial charge in [0.25, 0.3) is 0 Å². The van der Waals surface area contributed by atoms with Crippen LogP contribution in [0.25, 0.3) is 0 Å². The standard InChI is InChI=1S/C10H9BrClN5O/c11-6-1-2-7(12)8(3-6)15-9(18)4-17-5-14-10(13)16-17/h1-3,5H,4H2,(H2,13,16)(H,15,18). The number of nitrogens with one attached hydrogen (secondary N) is 1. The zero-order chi connectivity index (χ0) is 13.1. The third kappa shape index (κ3) is 3.21. The van der Waals surface area contributed by atoms with Crippen molar-refractivity contribution < 1.29 is 4.79 Å². The average Bonchev–Trinajstić information content (AvgIpc) is 2.69. The highest BCUT2D eigenvalue weighted by Gasteiger charge is 2.08. The quantitative estimate of drug-likeness (QED) is 0.900. The maximum absolute atomic E-state index is 11.7. The second-order valence-electron chi connectivity index (χ2n) is 3.47. The molecule has 1 heterocycles.